The number of benzene rings is 1. The van der Waals surface area contributed by atoms with Gasteiger partial charge in [0.15, 0.2) is 0 Å². The molecule has 0 saturated carbocycles. The summed E-state index contributed by atoms with van der Waals surface area (Å²) >= 11 is 0. The highest BCUT2D eigenvalue weighted by molar-refractivity contribution is 7.85. The van der Waals surface area contributed by atoms with Crippen LogP contribution >= 0.6 is 0 Å². The van der Waals surface area contributed by atoms with Crippen LogP contribution in [0.3, 0.4) is 0 Å². The Labute approximate surface area is 124 Å². The predicted octanol–water partition coefficient (Wildman–Crippen LogP) is 0.822. The number of likely N-dealkylation sites (tertiary alicyclic amines) is 1. The van der Waals surface area contributed by atoms with Gasteiger partial charge in [-0.1, -0.05) is 17.7 Å². The third kappa shape index (κ3) is 4.26. The van der Waals surface area contributed by atoms with Crippen LogP contribution in [0, 0.1) is 6.92 Å². The Hall–Kier alpha value is -1.44. The van der Waals surface area contributed by atoms with Gasteiger partial charge in [-0.3, -0.25) is 9.35 Å². The van der Waals surface area contributed by atoms with Crippen molar-refractivity contribution < 1.29 is 17.8 Å². The minimum absolute atomic E-state index is 0.0666. The molecule has 3 rings (SSSR count). The third-order valence-corrected chi connectivity index (χ3v) is 4.50. The molecule has 2 N–H and O–H groups in total. The van der Waals surface area contributed by atoms with E-state index in [9.17, 15) is 13.2 Å². The summed E-state index contributed by atoms with van der Waals surface area (Å²) in [5.41, 5.74) is 0.956. The van der Waals surface area contributed by atoms with E-state index in [4.69, 9.17) is 4.55 Å². The summed E-state index contributed by atoms with van der Waals surface area (Å²) in [6.45, 7) is 4.84. The summed E-state index contributed by atoms with van der Waals surface area (Å²) in [5, 5.41) is 3.16. The highest BCUT2D eigenvalue weighted by atomic mass is 32.2. The summed E-state index contributed by atoms with van der Waals surface area (Å²) in [4.78, 5) is 13.1. The Morgan fingerprint density at radius 2 is 1.86 bits per heavy atom. The van der Waals surface area contributed by atoms with Crippen LogP contribution in [0.25, 0.3) is 0 Å². The highest BCUT2D eigenvalue weighted by Gasteiger charge is 2.31. The van der Waals surface area contributed by atoms with E-state index in [1.807, 2.05) is 11.8 Å². The van der Waals surface area contributed by atoms with Crippen molar-refractivity contribution >= 4 is 16.0 Å². The van der Waals surface area contributed by atoms with Crippen molar-refractivity contribution in [1.29, 1.82) is 0 Å². The molecule has 0 bridgehead atoms. The van der Waals surface area contributed by atoms with Crippen LogP contribution < -0.4 is 5.32 Å². The molecule has 1 aromatic rings. The first-order chi connectivity index (χ1) is 9.88. The SMILES string of the molecule is Cc1ccc(S(=O)(=O)O)cc1.O=C1CCCN1C1CNC1. The van der Waals surface area contributed by atoms with Crippen LogP contribution in [-0.2, 0) is 14.9 Å². The fraction of sp³-hybridized carbons (Fsp3) is 0.500. The fourth-order valence-corrected chi connectivity index (χ4v) is 2.74. The molecule has 2 aliphatic heterocycles. The quantitative estimate of drug-likeness (QED) is 0.790. The van der Waals surface area contributed by atoms with E-state index in [1.165, 1.54) is 12.1 Å². The number of hydrogen-bond donors (Lipinski definition) is 2. The first-order valence-corrected chi connectivity index (χ1v) is 8.36. The van der Waals surface area contributed by atoms with E-state index >= 15 is 0 Å². The van der Waals surface area contributed by atoms with Gasteiger partial charge in [0.05, 0.1) is 10.9 Å². The van der Waals surface area contributed by atoms with Gasteiger partial charge >= 0.3 is 0 Å². The summed E-state index contributed by atoms with van der Waals surface area (Å²) < 4.78 is 29.6. The van der Waals surface area contributed by atoms with E-state index in [0.717, 1.165) is 38.0 Å². The van der Waals surface area contributed by atoms with Crippen LogP contribution in [-0.4, -0.2) is 49.5 Å². The van der Waals surface area contributed by atoms with E-state index in [1.54, 1.807) is 12.1 Å². The third-order valence-electron chi connectivity index (χ3n) is 3.63. The van der Waals surface area contributed by atoms with Crippen LogP contribution in [0.4, 0.5) is 0 Å². The Kier molecular flexibility index (Phi) is 4.97. The second-order valence-electron chi connectivity index (χ2n) is 5.29. The molecule has 0 unspecified atom stereocenters. The van der Waals surface area contributed by atoms with Crippen molar-refractivity contribution in [3.05, 3.63) is 29.8 Å². The van der Waals surface area contributed by atoms with Gasteiger partial charge in [0.25, 0.3) is 10.1 Å². The van der Waals surface area contributed by atoms with Gasteiger partial charge in [0, 0.05) is 26.1 Å². The van der Waals surface area contributed by atoms with Crippen molar-refractivity contribution in [2.45, 2.75) is 30.7 Å². The zero-order chi connectivity index (χ0) is 15.5. The largest absolute Gasteiger partial charge is 0.337 e. The summed E-state index contributed by atoms with van der Waals surface area (Å²) in [6.07, 6.45) is 1.84. The number of rotatable bonds is 2. The molecule has 2 saturated heterocycles. The van der Waals surface area contributed by atoms with E-state index in [2.05, 4.69) is 5.32 Å². The molecule has 21 heavy (non-hydrogen) atoms. The Balaban J connectivity index is 0.000000154. The summed E-state index contributed by atoms with van der Waals surface area (Å²) in [5.74, 6) is 0.353. The molecule has 2 aliphatic rings. The smallest absolute Gasteiger partial charge is 0.294 e. The van der Waals surface area contributed by atoms with Crippen molar-refractivity contribution in [2.75, 3.05) is 19.6 Å². The Bertz CT molecular complexity index is 594. The maximum absolute atomic E-state index is 11.1. The number of amides is 1. The molecule has 0 aliphatic carbocycles. The monoisotopic (exact) mass is 312 g/mol. The minimum atomic E-state index is -4.02. The van der Waals surface area contributed by atoms with Crippen LogP contribution in [0.5, 0.6) is 0 Å². The zero-order valence-electron chi connectivity index (χ0n) is 11.9. The first-order valence-electron chi connectivity index (χ1n) is 6.92. The highest BCUT2D eigenvalue weighted by Crippen LogP contribution is 2.15. The number of carbonyl (C=O) groups is 1. The normalized spacial score (nSPS) is 19.0. The lowest BCUT2D eigenvalue weighted by molar-refractivity contribution is -0.130. The van der Waals surface area contributed by atoms with E-state index in [-0.39, 0.29) is 4.90 Å². The molecular formula is C14H20N2O4S. The van der Waals surface area contributed by atoms with Crippen molar-refractivity contribution in [2.24, 2.45) is 0 Å². The Morgan fingerprint density at radius 1 is 1.24 bits per heavy atom. The predicted molar refractivity (Wildman–Crippen MR) is 78.6 cm³/mol. The molecule has 0 atom stereocenters. The van der Waals surface area contributed by atoms with E-state index < -0.39 is 10.1 Å². The average molecular weight is 312 g/mol. The van der Waals surface area contributed by atoms with Crippen molar-refractivity contribution in [3.8, 4) is 0 Å². The van der Waals surface area contributed by atoms with Gasteiger partial charge in [-0.15, -0.1) is 0 Å². The average Bonchev–Trinajstić information content (AvgIpc) is 2.74. The summed E-state index contributed by atoms with van der Waals surface area (Å²) in [7, 11) is -4.02. The van der Waals surface area contributed by atoms with Gasteiger partial charge in [0.1, 0.15) is 0 Å². The minimum Gasteiger partial charge on any atom is -0.337 e. The van der Waals surface area contributed by atoms with Gasteiger partial charge in [-0.05, 0) is 25.5 Å². The first kappa shape index (κ1) is 15.9. The van der Waals surface area contributed by atoms with Gasteiger partial charge in [-0.2, -0.15) is 8.42 Å². The number of aryl methyl sites for hydroxylation is 1. The van der Waals surface area contributed by atoms with Gasteiger partial charge in [-0.25, -0.2) is 0 Å². The molecule has 1 amide bonds. The second kappa shape index (κ2) is 6.55. The molecule has 2 fully saturated rings. The van der Waals surface area contributed by atoms with E-state index in [0.29, 0.717) is 11.9 Å². The lowest BCUT2D eigenvalue weighted by Gasteiger charge is -2.35. The van der Waals surface area contributed by atoms with Crippen molar-refractivity contribution in [1.82, 2.24) is 10.2 Å². The molecule has 1 aromatic carbocycles. The maximum atomic E-state index is 11.1. The molecule has 7 heteroatoms. The number of nitrogens with zero attached hydrogens (tertiary/aromatic N) is 1. The standard InChI is InChI=1S/C7H12N2O.C7H8O3S/c10-7-2-1-3-9(7)6-4-8-5-6;1-6-2-4-7(5-3-6)11(8,9)10/h6,8H,1-5H2;2-5H,1H3,(H,8,9,10). The molecule has 6 nitrogen and oxygen atoms in total. The molecular weight excluding hydrogens is 292 g/mol. The van der Waals surface area contributed by atoms with Crippen LogP contribution in [0.15, 0.2) is 29.2 Å². The number of carbonyl (C=O) groups excluding carboxylic acids is 1. The van der Waals surface area contributed by atoms with Gasteiger partial charge < -0.3 is 10.2 Å². The lowest BCUT2D eigenvalue weighted by atomic mass is 10.1. The number of hydrogen-bond acceptors (Lipinski definition) is 4. The lowest BCUT2D eigenvalue weighted by Crippen LogP contribution is -2.57. The van der Waals surface area contributed by atoms with Crippen LogP contribution in [0.2, 0.25) is 0 Å². The molecule has 0 radical (unpaired) electrons. The molecule has 2 heterocycles. The Morgan fingerprint density at radius 3 is 2.24 bits per heavy atom. The topological polar surface area (TPSA) is 86.7 Å². The maximum Gasteiger partial charge on any atom is 0.294 e. The van der Waals surface area contributed by atoms with Crippen molar-refractivity contribution in [3.63, 3.8) is 0 Å². The zero-order valence-corrected chi connectivity index (χ0v) is 12.8. The molecule has 0 spiro atoms. The number of nitrogens with one attached hydrogen (secondary N) is 1. The fourth-order valence-electron chi connectivity index (χ4n) is 2.26. The molecule has 116 valence electrons. The second-order valence-corrected chi connectivity index (χ2v) is 6.71. The van der Waals surface area contributed by atoms with Crippen LogP contribution in [0.1, 0.15) is 18.4 Å². The van der Waals surface area contributed by atoms with Gasteiger partial charge in [0.2, 0.25) is 5.91 Å². The summed E-state index contributed by atoms with van der Waals surface area (Å²) in [6, 6.07) is 6.51. The molecule has 0 aromatic heterocycles.